The Balaban J connectivity index is 2.27. The Labute approximate surface area is 113 Å². The topological polar surface area (TPSA) is 57.6 Å². The molecule has 2 rings (SSSR count). The molecule has 1 fully saturated rings. The number of carboxylic acids is 1. The molecule has 1 aromatic carbocycles. The van der Waals surface area contributed by atoms with Crippen LogP contribution in [0.1, 0.15) is 41.0 Å². The summed E-state index contributed by atoms with van der Waals surface area (Å²) in [7, 11) is 0. The van der Waals surface area contributed by atoms with Crippen molar-refractivity contribution < 1.29 is 14.7 Å². The lowest BCUT2D eigenvalue weighted by atomic mass is 9.91. The summed E-state index contributed by atoms with van der Waals surface area (Å²) in [5.41, 5.74) is 0.370. The van der Waals surface area contributed by atoms with Gasteiger partial charge in [0.15, 0.2) is 0 Å². The molecule has 4 nitrogen and oxygen atoms in total. The number of likely N-dealkylation sites (tertiary alicyclic amines) is 1. The van der Waals surface area contributed by atoms with Crippen molar-refractivity contribution in [3.8, 4) is 0 Å². The highest BCUT2D eigenvalue weighted by Gasteiger charge is 2.28. The van der Waals surface area contributed by atoms with Crippen LogP contribution in [0.15, 0.2) is 24.3 Å². The van der Waals surface area contributed by atoms with Crippen LogP contribution in [-0.2, 0) is 0 Å². The molecule has 1 amide bonds. The summed E-state index contributed by atoms with van der Waals surface area (Å²) in [4.78, 5) is 25.4. The van der Waals surface area contributed by atoms with Gasteiger partial charge in [0.25, 0.3) is 5.91 Å². The van der Waals surface area contributed by atoms with Crippen molar-refractivity contribution in [3.05, 3.63) is 35.4 Å². The molecule has 102 valence electrons. The minimum Gasteiger partial charge on any atom is -0.478 e. The Morgan fingerprint density at radius 2 is 1.63 bits per heavy atom. The lowest BCUT2D eigenvalue weighted by Crippen LogP contribution is -2.43. The van der Waals surface area contributed by atoms with Gasteiger partial charge in [-0.2, -0.15) is 0 Å². The number of nitrogens with zero attached hydrogens (tertiary/aromatic N) is 1. The highest BCUT2D eigenvalue weighted by atomic mass is 16.4. The normalized spacial score (nSPS) is 23.2. The minimum absolute atomic E-state index is 0.0818. The Morgan fingerprint density at radius 3 is 2.16 bits per heavy atom. The number of carbonyl (C=O) groups excluding carboxylic acids is 1. The van der Waals surface area contributed by atoms with Crippen LogP contribution in [0.25, 0.3) is 0 Å². The summed E-state index contributed by atoms with van der Waals surface area (Å²) in [5, 5.41) is 9.15. The van der Waals surface area contributed by atoms with Gasteiger partial charge in [-0.15, -0.1) is 0 Å². The molecule has 0 radical (unpaired) electrons. The second-order valence-corrected chi connectivity index (χ2v) is 5.51. The number of amides is 1. The van der Waals surface area contributed by atoms with Gasteiger partial charge in [0.05, 0.1) is 11.1 Å². The third-order valence-electron chi connectivity index (χ3n) is 3.54. The molecule has 0 aliphatic carbocycles. The average Bonchev–Trinajstić information content (AvgIpc) is 2.36. The van der Waals surface area contributed by atoms with E-state index in [4.69, 9.17) is 5.11 Å². The second-order valence-electron chi connectivity index (χ2n) is 5.51. The highest BCUT2D eigenvalue weighted by Crippen LogP contribution is 2.23. The quantitative estimate of drug-likeness (QED) is 0.889. The molecule has 1 N–H and O–H groups in total. The molecule has 0 saturated carbocycles. The van der Waals surface area contributed by atoms with Gasteiger partial charge in [-0.1, -0.05) is 26.0 Å². The summed E-state index contributed by atoms with van der Waals surface area (Å²) < 4.78 is 0. The zero-order valence-corrected chi connectivity index (χ0v) is 11.3. The van der Waals surface area contributed by atoms with Crippen molar-refractivity contribution in [3.63, 3.8) is 0 Å². The molecule has 1 heterocycles. The first-order chi connectivity index (χ1) is 8.99. The number of aromatic carboxylic acids is 1. The van der Waals surface area contributed by atoms with Gasteiger partial charge in [-0.3, -0.25) is 4.79 Å². The molecule has 0 spiro atoms. The zero-order chi connectivity index (χ0) is 14.0. The SMILES string of the molecule is C[C@H]1C[C@H](C)CN(C(=O)c2ccccc2C(=O)O)C1. The lowest BCUT2D eigenvalue weighted by Gasteiger charge is -2.35. The van der Waals surface area contributed by atoms with Crippen molar-refractivity contribution >= 4 is 11.9 Å². The molecule has 1 aliphatic heterocycles. The molecule has 0 aromatic heterocycles. The Morgan fingerprint density at radius 1 is 1.11 bits per heavy atom. The maximum Gasteiger partial charge on any atom is 0.336 e. The molecule has 0 unspecified atom stereocenters. The number of benzene rings is 1. The van der Waals surface area contributed by atoms with E-state index in [9.17, 15) is 9.59 Å². The standard InChI is InChI=1S/C15H19NO3/c1-10-7-11(2)9-16(8-10)14(17)12-5-3-4-6-13(12)15(18)19/h3-6,10-11H,7-9H2,1-2H3,(H,18,19)/t10-,11-/m0/s1. The Bertz CT molecular complexity index is 488. The van der Waals surface area contributed by atoms with Crippen LogP contribution < -0.4 is 0 Å². The van der Waals surface area contributed by atoms with E-state index in [0.29, 0.717) is 24.9 Å². The second kappa shape index (κ2) is 5.43. The van der Waals surface area contributed by atoms with E-state index in [1.807, 2.05) is 0 Å². The number of carboxylic acid groups (broad SMARTS) is 1. The maximum absolute atomic E-state index is 12.5. The van der Waals surface area contributed by atoms with Gasteiger partial charge in [0.2, 0.25) is 0 Å². The van der Waals surface area contributed by atoms with Crippen LogP contribution in [0.4, 0.5) is 0 Å². The highest BCUT2D eigenvalue weighted by molar-refractivity contribution is 6.04. The molecule has 1 saturated heterocycles. The van der Waals surface area contributed by atoms with Gasteiger partial charge in [-0.05, 0) is 30.4 Å². The number of piperidine rings is 1. The Kier molecular flexibility index (Phi) is 3.88. The van der Waals surface area contributed by atoms with E-state index in [1.165, 1.54) is 6.07 Å². The van der Waals surface area contributed by atoms with Gasteiger partial charge in [-0.25, -0.2) is 4.79 Å². The third-order valence-corrected chi connectivity index (χ3v) is 3.54. The van der Waals surface area contributed by atoms with Crippen LogP contribution >= 0.6 is 0 Å². The number of rotatable bonds is 2. The molecular weight excluding hydrogens is 242 g/mol. The largest absolute Gasteiger partial charge is 0.478 e. The van der Waals surface area contributed by atoms with Crippen LogP contribution in [-0.4, -0.2) is 35.0 Å². The van der Waals surface area contributed by atoms with E-state index in [-0.39, 0.29) is 17.0 Å². The van der Waals surface area contributed by atoms with Crippen molar-refractivity contribution in [2.45, 2.75) is 20.3 Å². The smallest absolute Gasteiger partial charge is 0.336 e. The fraction of sp³-hybridized carbons (Fsp3) is 0.467. The Hall–Kier alpha value is -1.84. The van der Waals surface area contributed by atoms with E-state index in [2.05, 4.69) is 13.8 Å². The van der Waals surface area contributed by atoms with Crippen LogP contribution in [0.3, 0.4) is 0 Å². The minimum atomic E-state index is -1.05. The third kappa shape index (κ3) is 2.95. The van der Waals surface area contributed by atoms with Gasteiger partial charge >= 0.3 is 5.97 Å². The summed E-state index contributed by atoms with van der Waals surface area (Å²) in [5.74, 6) is -0.298. The molecule has 2 atom stereocenters. The van der Waals surface area contributed by atoms with E-state index in [0.717, 1.165) is 6.42 Å². The summed E-state index contributed by atoms with van der Waals surface area (Å²) in [6.07, 6.45) is 1.12. The van der Waals surface area contributed by atoms with Crippen LogP contribution in [0, 0.1) is 11.8 Å². The van der Waals surface area contributed by atoms with Crippen molar-refractivity contribution in [2.75, 3.05) is 13.1 Å². The molecule has 0 bridgehead atoms. The van der Waals surface area contributed by atoms with Crippen LogP contribution in [0.5, 0.6) is 0 Å². The van der Waals surface area contributed by atoms with E-state index < -0.39 is 5.97 Å². The molecule has 19 heavy (non-hydrogen) atoms. The molecular formula is C15H19NO3. The fourth-order valence-corrected chi connectivity index (χ4v) is 2.86. The number of carbonyl (C=O) groups is 2. The molecule has 1 aromatic rings. The lowest BCUT2D eigenvalue weighted by molar-refractivity contribution is 0.0605. The predicted octanol–water partition coefficient (Wildman–Crippen LogP) is 2.50. The van der Waals surface area contributed by atoms with Gasteiger partial charge < -0.3 is 10.0 Å². The number of hydrogen-bond donors (Lipinski definition) is 1. The maximum atomic E-state index is 12.5. The monoisotopic (exact) mass is 261 g/mol. The summed E-state index contributed by atoms with van der Waals surface area (Å²) in [6, 6.07) is 6.42. The van der Waals surface area contributed by atoms with E-state index in [1.54, 1.807) is 23.1 Å². The van der Waals surface area contributed by atoms with Crippen LogP contribution in [0.2, 0.25) is 0 Å². The van der Waals surface area contributed by atoms with Crippen molar-refractivity contribution in [2.24, 2.45) is 11.8 Å². The van der Waals surface area contributed by atoms with Crippen molar-refractivity contribution in [1.82, 2.24) is 4.90 Å². The first kappa shape index (κ1) is 13.6. The first-order valence-electron chi connectivity index (χ1n) is 6.60. The van der Waals surface area contributed by atoms with E-state index >= 15 is 0 Å². The molecule has 4 heteroatoms. The average molecular weight is 261 g/mol. The summed E-state index contributed by atoms with van der Waals surface area (Å²) in [6.45, 7) is 5.66. The molecule has 1 aliphatic rings. The summed E-state index contributed by atoms with van der Waals surface area (Å²) >= 11 is 0. The van der Waals surface area contributed by atoms with Gasteiger partial charge in [0, 0.05) is 13.1 Å². The first-order valence-corrected chi connectivity index (χ1v) is 6.60. The number of hydrogen-bond acceptors (Lipinski definition) is 2. The fourth-order valence-electron chi connectivity index (χ4n) is 2.86. The van der Waals surface area contributed by atoms with Crippen molar-refractivity contribution in [1.29, 1.82) is 0 Å². The predicted molar refractivity (Wildman–Crippen MR) is 72.2 cm³/mol. The van der Waals surface area contributed by atoms with Gasteiger partial charge in [0.1, 0.15) is 0 Å². The zero-order valence-electron chi connectivity index (χ0n) is 11.3.